The minimum Gasteiger partial charge on any atom is -0.508 e. The zero-order valence-electron chi connectivity index (χ0n) is 16.8. The van der Waals surface area contributed by atoms with Crippen LogP contribution in [0.1, 0.15) is 102 Å². The first-order valence-electron chi connectivity index (χ1n) is 10.8. The molecule has 0 spiro atoms. The Morgan fingerprint density at radius 1 is 0.769 bits per heavy atom. The SMILES string of the molecule is CCCCCCCCCCCCCCCC(=O)NCc1ccc(O)cc1. The maximum Gasteiger partial charge on any atom is 0.220 e. The van der Waals surface area contributed by atoms with Crippen molar-refractivity contribution >= 4 is 5.91 Å². The zero-order chi connectivity index (χ0) is 18.9. The van der Waals surface area contributed by atoms with E-state index < -0.39 is 0 Å². The lowest BCUT2D eigenvalue weighted by Gasteiger charge is -2.06. The molecule has 0 bridgehead atoms. The molecular weight excluding hydrogens is 322 g/mol. The molecule has 0 aliphatic carbocycles. The second-order valence-electron chi connectivity index (χ2n) is 7.44. The molecule has 0 unspecified atom stereocenters. The van der Waals surface area contributed by atoms with Crippen LogP contribution in [0.4, 0.5) is 0 Å². The number of hydrogen-bond donors (Lipinski definition) is 2. The van der Waals surface area contributed by atoms with Crippen molar-refractivity contribution in [3.05, 3.63) is 29.8 Å². The summed E-state index contributed by atoms with van der Waals surface area (Å²) < 4.78 is 0. The minimum atomic E-state index is 0.126. The summed E-state index contributed by atoms with van der Waals surface area (Å²) >= 11 is 0. The fourth-order valence-corrected chi connectivity index (χ4v) is 3.21. The van der Waals surface area contributed by atoms with Crippen molar-refractivity contribution in [1.29, 1.82) is 0 Å². The van der Waals surface area contributed by atoms with E-state index in [1.807, 2.05) is 12.1 Å². The molecule has 2 N–H and O–H groups in total. The average Bonchev–Trinajstić information content (AvgIpc) is 2.65. The third-order valence-electron chi connectivity index (χ3n) is 4.93. The van der Waals surface area contributed by atoms with E-state index in [4.69, 9.17) is 0 Å². The summed E-state index contributed by atoms with van der Waals surface area (Å²) in [5.74, 6) is 0.383. The van der Waals surface area contributed by atoms with E-state index >= 15 is 0 Å². The lowest BCUT2D eigenvalue weighted by Crippen LogP contribution is -2.22. The van der Waals surface area contributed by atoms with E-state index in [1.54, 1.807) is 12.1 Å². The molecule has 0 radical (unpaired) electrons. The number of unbranched alkanes of at least 4 members (excludes halogenated alkanes) is 12. The first-order valence-corrected chi connectivity index (χ1v) is 10.8. The van der Waals surface area contributed by atoms with Gasteiger partial charge in [-0.1, -0.05) is 96.1 Å². The predicted octanol–water partition coefficient (Wildman–Crippen LogP) is 6.49. The van der Waals surface area contributed by atoms with Gasteiger partial charge in [0.05, 0.1) is 0 Å². The highest BCUT2D eigenvalue weighted by molar-refractivity contribution is 5.75. The number of carbonyl (C=O) groups is 1. The van der Waals surface area contributed by atoms with Gasteiger partial charge in [-0.25, -0.2) is 0 Å². The zero-order valence-corrected chi connectivity index (χ0v) is 16.8. The molecule has 1 rings (SSSR count). The standard InChI is InChI=1S/C23H39NO2/c1-2-3-4-5-6-7-8-9-10-11-12-13-14-15-23(26)24-20-21-16-18-22(25)19-17-21/h16-19,25H,2-15,20H2,1H3,(H,24,26). The largest absolute Gasteiger partial charge is 0.508 e. The summed E-state index contributed by atoms with van der Waals surface area (Å²) in [6.45, 7) is 2.81. The van der Waals surface area contributed by atoms with Gasteiger partial charge in [-0.05, 0) is 24.1 Å². The number of carbonyl (C=O) groups excluding carboxylic acids is 1. The highest BCUT2D eigenvalue weighted by Gasteiger charge is 2.01. The van der Waals surface area contributed by atoms with Crippen LogP contribution in [0.15, 0.2) is 24.3 Å². The smallest absolute Gasteiger partial charge is 0.220 e. The van der Waals surface area contributed by atoms with Crippen LogP contribution in [-0.4, -0.2) is 11.0 Å². The Hall–Kier alpha value is -1.51. The number of benzene rings is 1. The third kappa shape index (κ3) is 12.8. The van der Waals surface area contributed by atoms with Crippen LogP contribution in [0.25, 0.3) is 0 Å². The molecule has 0 aliphatic rings. The van der Waals surface area contributed by atoms with Gasteiger partial charge in [-0.15, -0.1) is 0 Å². The summed E-state index contributed by atoms with van der Waals surface area (Å²) in [4.78, 5) is 11.8. The van der Waals surface area contributed by atoms with Crippen LogP contribution in [0.2, 0.25) is 0 Å². The summed E-state index contributed by atoms with van der Waals surface area (Å²) in [5.41, 5.74) is 1.02. The minimum absolute atomic E-state index is 0.126. The molecule has 148 valence electrons. The lowest BCUT2D eigenvalue weighted by atomic mass is 10.0. The summed E-state index contributed by atoms with van der Waals surface area (Å²) in [6, 6.07) is 6.96. The topological polar surface area (TPSA) is 49.3 Å². The van der Waals surface area contributed by atoms with E-state index in [9.17, 15) is 9.90 Å². The van der Waals surface area contributed by atoms with Crippen molar-refractivity contribution in [2.75, 3.05) is 0 Å². The van der Waals surface area contributed by atoms with Crippen molar-refractivity contribution in [2.45, 2.75) is 103 Å². The molecule has 26 heavy (non-hydrogen) atoms. The number of rotatable bonds is 16. The van der Waals surface area contributed by atoms with Gasteiger partial charge in [0.1, 0.15) is 5.75 Å². The number of amides is 1. The van der Waals surface area contributed by atoms with E-state index in [0.29, 0.717) is 13.0 Å². The molecule has 0 aromatic heterocycles. The van der Waals surface area contributed by atoms with E-state index in [2.05, 4.69) is 12.2 Å². The highest BCUT2D eigenvalue weighted by atomic mass is 16.3. The second-order valence-corrected chi connectivity index (χ2v) is 7.44. The monoisotopic (exact) mass is 361 g/mol. The molecule has 1 aromatic carbocycles. The first-order chi connectivity index (χ1) is 12.7. The van der Waals surface area contributed by atoms with E-state index in [1.165, 1.54) is 70.6 Å². The van der Waals surface area contributed by atoms with Crippen LogP contribution in [0, 0.1) is 0 Å². The summed E-state index contributed by atoms with van der Waals surface area (Å²) in [7, 11) is 0. The van der Waals surface area contributed by atoms with E-state index in [-0.39, 0.29) is 11.7 Å². The van der Waals surface area contributed by atoms with Gasteiger partial charge in [-0.2, -0.15) is 0 Å². The van der Waals surface area contributed by atoms with Gasteiger partial charge in [-0.3, -0.25) is 4.79 Å². The molecule has 0 aliphatic heterocycles. The predicted molar refractivity (Wildman–Crippen MR) is 110 cm³/mol. The number of phenolic OH excluding ortho intramolecular Hbond substituents is 1. The fourth-order valence-electron chi connectivity index (χ4n) is 3.21. The first kappa shape index (κ1) is 22.5. The Morgan fingerprint density at radius 3 is 1.73 bits per heavy atom. The maximum absolute atomic E-state index is 11.8. The fraction of sp³-hybridized carbons (Fsp3) is 0.696. The van der Waals surface area contributed by atoms with Crippen molar-refractivity contribution in [1.82, 2.24) is 5.32 Å². The number of hydrogen-bond acceptors (Lipinski definition) is 2. The number of aromatic hydroxyl groups is 1. The Morgan fingerprint density at radius 2 is 1.23 bits per heavy atom. The molecule has 3 heteroatoms. The lowest BCUT2D eigenvalue weighted by molar-refractivity contribution is -0.121. The van der Waals surface area contributed by atoms with Crippen LogP contribution in [-0.2, 0) is 11.3 Å². The number of nitrogens with one attached hydrogen (secondary N) is 1. The third-order valence-corrected chi connectivity index (χ3v) is 4.93. The molecule has 1 amide bonds. The van der Waals surface area contributed by atoms with Gasteiger partial charge in [0, 0.05) is 13.0 Å². The molecule has 0 heterocycles. The van der Waals surface area contributed by atoms with Gasteiger partial charge in [0.25, 0.3) is 0 Å². The van der Waals surface area contributed by atoms with Crippen LogP contribution >= 0.6 is 0 Å². The summed E-state index contributed by atoms with van der Waals surface area (Å²) in [6.07, 6.45) is 17.8. The van der Waals surface area contributed by atoms with Gasteiger partial charge in [0.15, 0.2) is 0 Å². The number of phenols is 1. The Balaban J connectivity index is 1.83. The van der Waals surface area contributed by atoms with Crippen molar-refractivity contribution in [3.63, 3.8) is 0 Å². The maximum atomic E-state index is 11.8. The Bertz CT molecular complexity index is 456. The summed E-state index contributed by atoms with van der Waals surface area (Å²) in [5, 5.41) is 12.2. The second kappa shape index (κ2) is 15.7. The van der Waals surface area contributed by atoms with Crippen molar-refractivity contribution in [3.8, 4) is 5.75 Å². The van der Waals surface area contributed by atoms with Crippen LogP contribution in [0.3, 0.4) is 0 Å². The molecular formula is C23H39NO2. The molecule has 3 nitrogen and oxygen atoms in total. The molecule has 0 fully saturated rings. The normalized spacial score (nSPS) is 10.8. The molecule has 0 saturated carbocycles. The Kier molecular flexibility index (Phi) is 13.6. The molecule has 0 atom stereocenters. The van der Waals surface area contributed by atoms with Gasteiger partial charge in [0.2, 0.25) is 5.91 Å². The van der Waals surface area contributed by atoms with E-state index in [0.717, 1.165) is 18.4 Å². The van der Waals surface area contributed by atoms with Crippen LogP contribution in [0.5, 0.6) is 5.75 Å². The molecule has 0 saturated heterocycles. The Labute approximate surface area is 160 Å². The quantitative estimate of drug-likeness (QED) is 0.331. The van der Waals surface area contributed by atoms with Crippen LogP contribution < -0.4 is 5.32 Å². The highest BCUT2D eigenvalue weighted by Crippen LogP contribution is 2.13. The van der Waals surface area contributed by atoms with Crippen molar-refractivity contribution < 1.29 is 9.90 Å². The van der Waals surface area contributed by atoms with Gasteiger partial charge < -0.3 is 10.4 Å². The van der Waals surface area contributed by atoms with Gasteiger partial charge >= 0.3 is 0 Å². The van der Waals surface area contributed by atoms with Crippen molar-refractivity contribution in [2.24, 2.45) is 0 Å². The average molecular weight is 362 g/mol. The molecule has 1 aromatic rings.